The SMILES string of the molecule is OCCC1OC1N(CCO)CCO. The fourth-order valence-corrected chi connectivity index (χ4v) is 1.42. The van der Waals surface area contributed by atoms with Crippen LogP contribution in [0, 0.1) is 0 Å². The summed E-state index contributed by atoms with van der Waals surface area (Å²) >= 11 is 0. The average Bonchev–Trinajstić information content (AvgIpc) is 2.84. The molecule has 1 saturated heterocycles. The molecule has 3 N–H and O–H groups in total. The number of hydrogen-bond donors (Lipinski definition) is 3. The summed E-state index contributed by atoms with van der Waals surface area (Å²) in [6.45, 7) is 1.25. The third-order valence-corrected chi connectivity index (χ3v) is 2.10. The molecule has 0 saturated carbocycles. The number of rotatable bonds is 7. The van der Waals surface area contributed by atoms with Crippen LogP contribution in [0.3, 0.4) is 0 Å². The molecule has 0 aliphatic carbocycles. The first-order valence-electron chi connectivity index (χ1n) is 4.55. The van der Waals surface area contributed by atoms with E-state index in [1.54, 1.807) is 0 Å². The van der Waals surface area contributed by atoms with Crippen molar-refractivity contribution in [2.24, 2.45) is 0 Å². The first-order valence-corrected chi connectivity index (χ1v) is 4.55. The Labute approximate surface area is 77.5 Å². The summed E-state index contributed by atoms with van der Waals surface area (Å²) in [6.07, 6.45) is 0.674. The van der Waals surface area contributed by atoms with Gasteiger partial charge in [-0.3, -0.25) is 4.90 Å². The Kier molecular flexibility index (Phi) is 4.61. The van der Waals surface area contributed by atoms with Crippen molar-refractivity contribution in [3.8, 4) is 0 Å². The van der Waals surface area contributed by atoms with E-state index in [4.69, 9.17) is 20.1 Å². The molecule has 0 aromatic carbocycles. The summed E-state index contributed by atoms with van der Waals surface area (Å²) in [6, 6.07) is 0. The maximum Gasteiger partial charge on any atom is 0.137 e. The van der Waals surface area contributed by atoms with Crippen LogP contribution in [0.2, 0.25) is 0 Å². The molecular weight excluding hydrogens is 174 g/mol. The summed E-state index contributed by atoms with van der Waals surface area (Å²) < 4.78 is 5.27. The monoisotopic (exact) mass is 191 g/mol. The number of epoxide rings is 1. The second-order valence-corrected chi connectivity index (χ2v) is 3.06. The van der Waals surface area contributed by atoms with Gasteiger partial charge in [-0.15, -0.1) is 0 Å². The molecule has 1 rings (SSSR count). The summed E-state index contributed by atoms with van der Waals surface area (Å²) in [5.74, 6) is 0. The minimum absolute atomic E-state index is 0.0218. The van der Waals surface area contributed by atoms with E-state index in [1.165, 1.54) is 0 Å². The fourth-order valence-electron chi connectivity index (χ4n) is 1.42. The van der Waals surface area contributed by atoms with Gasteiger partial charge in [-0.25, -0.2) is 0 Å². The van der Waals surface area contributed by atoms with Crippen LogP contribution in [0.5, 0.6) is 0 Å². The molecule has 2 unspecified atom stereocenters. The molecule has 78 valence electrons. The summed E-state index contributed by atoms with van der Waals surface area (Å²) in [4.78, 5) is 1.88. The highest BCUT2D eigenvalue weighted by Crippen LogP contribution is 2.27. The van der Waals surface area contributed by atoms with Gasteiger partial charge in [0.1, 0.15) is 12.3 Å². The van der Waals surface area contributed by atoms with Crippen molar-refractivity contribution in [3.05, 3.63) is 0 Å². The van der Waals surface area contributed by atoms with Crippen molar-refractivity contribution in [1.82, 2.24) is 4.90 Å². The zero-order valence-electron chi connectivity index (χ0n) is 7.59. The third-order valence-electron chi connectivity index (χ3n) is 2.10. The lowest BCUT2D eigenvalue weighted by Gasteiger charge is -2.17. The topological polar surface area (TPSA) is 76.5 Å². The maximum absolute atomic E-state index is 8.73. The number of nitrogens with zero attached hydrogens (tertiary/aromatic N) is 1. The van der Waals surface area contributed by atoms with Crippen molar-refractivity contribution >= 4 is 0 Å². The number of hydrogen-bond acceptors (Lipinski definition) is 5. The molecular formula is C8H17NO4. The van der Waals surface area contributed by atoms with Crippen molar-refractivity contribution < 1.29 is 20.1 Å². The van der Waals surface area contributed by atoms with E-state index in [0.29, 0.717) is 19.5 Å². The van der Waals surface area contributed by atoms with Crippen LogP contribution in [-0.2, 0) is 4.74 Å². The Morgan fingerprint density at radius 1 is 1.00 bits per heavy atom. The molecule has 0 aromatic heterocycles. The molecule has 0 bridgehead atoms. The van der Waals surface area contributed by atoms with E-state index >= 15 is 0 Å². The van der Waals surface area contributed by atoms with Crippen molar-refractivity contribution in [2.75, 3.05) is 32.9 Å². The van der Waals surface area contributed by atoms with Crippen LogP contribution in [0.1, 0.15) is 6.42 Å². The van der Waals surface area contributed by atoms with Crippen LogP contribution < -0.4 is 0 Å². The molecule has 0 radical (unpaired) electrons. The Balaban J connectivity index is 2.22. The average molecular weight is 191 g/mol. The van der Waals surface area contributed by atoms with E-state index in [9.17, 15) is 0 Å². The van der Waals surface area contributed by atoms with Crippen molar-refractivity contribution in [1.29, 1.82) is 0 Å². The van der Waals surface area contributed by atoms with Crippen LogP contribution in [0.25, 0.3) is 0 Å². The molecule has 0 spiro atoms. The van der Waals surface area contributed by atoms with Gasteiger partial charge in [0.25, 0.3) is 0 Å². The fraction of sp³-hybridized carbons (Fsp3) is 1.00. The Bertz CT molecular complexity index is 138. The van der Waals surface area contributed by atoms with E-state index in [2.05, 4.69) is 0 Å². The quantitative estimate of drug-likeness (QED) is 0.422. The van der Waals surface area contributed by atoms with Gasteiger partial charge in [0.15, 0.2) is 0 Å². The Hall–Kier alpha value is -0.200. The lowest BCUT2D eigenvalue weighted by atomic mass is 10.3. The lowest BCUT2D eigenvalue weighted by Crippen LogP contribution is -2.33. The van der Waals surface area contributed by atoms with Gasteiger partial charge in [-0.1, -0.05) is 0 Å². The second-order valence-electron chi connectivity index (χ2n) is 3.06. The highest BCUT2D eigenvalue weighted by atomic mass is 16.6. The Morgan fingerprint density at radius 3 is 2.08 bits per heavy atom. The minimum Gasteiger partial charge on any atom is -0.396 e. The molecule has 1 aliphatic heterocycles. The first kappa shape index (κ1) is 10.9. The highest BCUT2D eigenvalue weighted by molar-refractivity contribution is 4.84. The summed E-state index contributed by atoms with van der Waals surface area (Å²) in [7, 11) is 0. The van der Waals surface area contributed by atoms with Gasteiger partial charge in [0, 0.05) is 26.1 Å². The second kappa shape index (κ2) is 5.51. The van der Waals surface area contributed by atoms with Gasteiger partial charge >= 0.3 is 0 Å². The van der Waals surface area contributed by atoms with E-state index in [1.807, 2.05) is 4.90 Å². The largest absolute Gasteiger partial charge is 0.396 e. The normalized spacial score (nSPS) is 26.8. The first-order chi connectivity index (χ1) is 6.33. The third kappa shape index (κ3) is 3.21. The van der Waals surface area contributed by atoms with Crippen molar-refractivity contribution in [3.63, 3.8) is 0 Å². The number of aliphatic hydroxyl groups excluding tert-OH is 3. The molecule has 1 heterocycles. The zero-order chi connectivity index (χ0) is 9.68. The maximum atomic E-state index is 8.73. The molecule has 5 nitrogen and oxygen atoms in total. The summed E-state index contributed by atoms with van der Waals surface area (Å²) in [5, 5.41) is 26.1. The Morgan fingerprint density at radius 2 is 1.62 bits per heavy atom. The van der Waals surface area contributed by atoms with Crippen LogP contribution in [-0.4, -0.2) is 65.5 Å². The smallest absolute Gasteiger partial charge is 0.137 e. The zero-order valence-corrected chi connectivity index (χ0v) is 7.59. The molecule has 1 fully saturated rings. The number of aliphatic hydroxyl groups is 3. The van der Waals surface area contributed by atoms with Crippen LogP contribution in [0.15, 0.2) is 0 Å². The predicted octanol–water partition coefficient (Wildman–Crippen LogP) is -1.62. The predicted molar refractivity (Wildman–Crippen MR) is 46.1 cm³/mol. The van der Waals surface area contributed by atoms with Crippen LogP contribution >= 0.6 is 0 Å². The molecule has 2 atom stereocenters. The number of ether oxygens (including phenoxy) is 1. The van der Waals surface area contributed by atoms with Gasteiger partial charge in [0.05, 0.1) is 13.2 Å². The van der Waals surface area contributed by atoms with Gasteiger partial charge < -0.3 is 20.1 Å². The molecule has 5 heteroatoms. The molecule has 1 aliphatic rings. The molecule has 0 amide bonds. The van der Waals surface area contributed by atoms with Gasteiger partial charge in [-0.05, 0) is 0 Å². The van der Waals surface area contributed by atoms with Crippen molar-refractivity contribution in [2.45, 2.75) is 18.8 Å². The highest BCUT2D eigenvalue weighted by Gasteiger charge is 2.42. The summed E-state index contributed by atoms with van der Waals surface area (Å²) in [5.41, 5.74) is 0. The van der Waals surface area contributed by atoms with E-state index in [-0.39, 0.29) is 32.2 Å². The van der Waals surface area contributed by atoms with E-state index < -0.39 is 0 Å². The van der Waals surface area contributed by atoms with Gasteiger partial charge in [0.2, 0.25) is 0 Å². The minimum atomic E-state index is -0.0218. The molecule has 0 aromatic rings. The van der Waals surface area contributed by atoms with E-state index in [0.717, 1.165) is 0 Å². The molecule has 13 heavy (non-hydrogen) atoms. The van der Waals surface area contributed by atoms with Gasteiger partial charge in [-0.2, -0.15) is 0 Å². The standard InChI is InChI=1S/C8H17NO4/c10-4-1-7-8(13-7)9(2-5-11)3-6-12/h7-8,10-12H,1-6H2. The lowest BCUT2D eigenvalue weighted by molar-refractivity contribution is 0.115. The van der Waals surface area contributed by atoms with Crippen LogP contribution in [0.4, 0.5) is 0 Å².